The summed E-state index contributed by atoms with van der Waals surface area (Å²) in [6.07, 6.45) is 0.944. The molecule has 2 aliphatic heterocycles. The van der Waals surface area contributed by atoms with Crippen molar-refractivity contribution in [3.8, 4) is 22.5 Å². The molecule has 0 bridgehead atoms. The van der Waals surface area contributed by atoms with Crippen molar-refractivity contribution >= 4 is 53.2 Å². The first-order valence-electron chi connectivity index (χ1n) is 17.5. The number of nitrogens with zero attached hydrogens (tertiary/aromatic N) is 3. The van der Waals surface area contributed by atoms with E-state index in [0.29, 0.717) is 16.9 Å². The van der Waals surface area contributed by atoms with Gasteiger partial charge in [0.25, 0.3) is 5.92 Å². The Kier molecular flexibility index (Phi) is 10.7. The number of sulfonamides is 2. The van der Waals surface area contributed by atoms with Crippen LogP contribution in [0.1, 0.15) is 26.7 Å². The van der Waals surface area contributed by atoms with Gasteiger partial charge >= 0.3 is 0 Å². The normalized spacial score (nSPS) is 15.5. The fourth-order valence-electron chi connectivity index (χ4n) is 6.50. The molecule has 0 saturated carbocycles. The molecule has 4 aromatic carbocycles. The second kappa shape index (κ2) is 14.9. The third-order valence-corrected chi connectivity index (χ3v) is 12.1. The van der Waals surface area contributed by atoms with Crippen molar-refractivity contribution in [2.45, 2.75) is 42.4 Å². The molecule has 10 nitrogen and oxygen atoms in total. The summed E-state index contributed by atoms with van der Waals surface area (Å²) in [5.74, 6) is -2.74. The van der Waals surface area contributed by atoms with Gasteiger partial charge in [-0.05, 0) is 67.1 Å². The van der Waals surface area contributed by atoms with Crippen molar-refractivity contribution in [3.63, 3.8) is 0 Å². The molecule has 4 N–H and O–H groups in total. The van der Waals surface area contributed by atoms with E-state index in [4.69, 9.17) is 5.14 Å². The maximum atomic E-state index is 13.8. The maximum absolute atomic E-state index is 13.8. The Morgan fingerprint density at radius 1 is 0.679 bits per heavy atom. The van der Waals surface area contributed by atoms with Crippen molar-refractivity contribution in [1.29, 1.82) is 0 Å². The topological polar surface area (TPSA) is 136 Å². The fourth-order valence-corrected chi connectivity index (χ4v) is 7.97. The van der Waals surface area contributed by atoms with E-state index < -0.39 is 26.0 Å². The first-order chi connectivity index (χ1) is 25.2. The lowest BCUT2D eigenvalue weighted by molar-refractivity contribution is 0.0257. The van der Waals surface area contributed by atoms with Crippen LogP contribution in [0, 0.1) is 0 Å². The lowest BCUT2D eigenvalue weighted by Crippen LogP contribution is -2.37. The third kappa shape index (κ3) is 7.96. The number of primary sulfonamides is 1. The Labute approximate surface area is 309 Å². The van der Waals surface area contributed by atoms with Gasteiger partial charge in [0.2, 0.25) is 20.0 Å². The van der Waals surface area contributed by atoms with Crippen LogP contribution in [0.25, 0.3) is 44.3 Å². The van der Waals surface area contributed by atoms with Gasteiger partial charge in [-0.2, -0.15) is 0 Å². The number of benzene rings is 4. The molecule has 280 valence electrons. The molecular weight excluding hydrogens is 719 g/mol. The number of aromatic amines is 2. The van der Waals surface area contributed by atoms with Crippen LogP contribution in [0.3, 0.4) is 0 Å². The molecule has 8 rings (SSSR count). The first-order valence-corrected chi connectivity index (χ1v) is 20.5. The summed E-state index contributed by atoms with van der Waals surface area (Å²) in [4.78, 5) is 10.8. The van der Waals surface area contributed by atoms with Crippen LogP contribution in [0.5, 0.6) is 0 Å². The number of rotatable bonds is 7. The molecule has 0 spiro atoms. The standard InChI is InChI=1S/C20H21F2N3O2S.C17H17N3O2S.C2H6/c1-24(2)28(26,27)15-7-8-19(25-10-9-20(21,22)13-25)16(12-15)18-11-14-5-3-4-6-17(14)23-18;18-23(21,22)13-6-7-17(20-8-3-9-20)14(11-13)16-10-12-4-1-2-5-15(12)19-16;1-2/h3-8,11-12,23H,9-10,13H2,1-2H3;1-2,4-7,10-11,19H,3,8-9H2,(H2,18,21,22);1-2H3. The predicted molar refractivity (Wildman–Crippen MR) is 210 cm³/mol. The van der Waals surface area contributed by atoms with E-state index in [2.05, 4.69) is 14.9 Å². The van der Waals surface area contributed by atoms with Gasteiger partial charge < -0.3 is 19.8 Å². The summed E-state index contributed by atoms with van der Waals surface area (Å²) < 4.78 is 77.4. The zero-order valence-electron chi connectivity index (χ0n) is 30.1. The number of nitrogens with one attached hydrogen (secondary N) is 2. The summed E-state index contributed by atoms with van der Waals surface area (Å²) in [6, 6.07) is 29.4. The van der Waals surface area contributed by atoms with Crippen molar-refractivity contribution in [2.75, 3.05) is 50.1 Å². The molecule has 2 aromatic heterocycles. The monoisotopic (exact) mass is 762 g/mol. The molecule has 0 atom stereocenters. The minimum Gasteiger partial charge on any atom is -0.371 e. The maximum Gasteiger partial charge on any atom is 0.266 e. The van der Waals surface area contributed by atoms with Crippen LogP contribution in [0.2, 0.25) is 0 Å². The number of fused-ring (bicyclic) bond motifs is 2. The minimum absolute atomic E-state index is 0.126. The van der Waals surface area contributed by atoms with Gasteiger partial charge in [-0.15, -0.1) is 0 Å². The highest BCUT2D eigenvalue weighted by molar-refractivity contribution is 7.89. The van der Waals surface area contributed by atoms with Crippen LogP contribution < -0.4 is 14.9 Å². The fraction of sp³-hybridized carbons (Fsp3) is 0.282. The predicted octanol–water partition coefficient (Wildman–Crippen LogP) is 7.65. The van der Waals surface area contributed by atoms with E-state index in [1.54, 1.807) is 29.2 Å². The molecule has 0 amide bonds. The Bertz CT molecular complexity index is 2410. The number of anilines is 2. The van der Waals surface area contributed by atoms with E-state index in [0.717, 1.165) is 62.6 Å². The average Bonchev–Trinajstić information content (AvgIpc) is 3.84. The smallest absolute Gasteiger partial charge is 0.266 e. The van der Waals surface area contributed by atoms with Crippen LogP contribution in [-0.4, -0.2) is 77.3 Å². The minimum atomic E-state index is -3.73. The number of nitrogens with two attached hydrogens (primary N) is 1. The number of alkyl halides is 2. The number of halogens is 2. The summed E-state index contributed by atoms with van der Waals surface area (Å²) in [6.45, 7) is 5.82. The SMILES string of the molecule is CC.CN(C)S(=O)(=O)c1ccc(N2CCC(F)(F)C2)c(-c2cc3ccccc3[nH]2)c1.NS(=O)(=O)c1ccc(N2CCC2)c(-c2cc3ccccc3[nH]2)c1. The number of hydrogen-bond acceptors (Lipinski definition) is 6. The van der Waals surface area contributed by atoms with E-state index in [9.17, 15) is 25.6 Å². The van der Waals surface area contributed by atoms with Gasteiger partial charge in [0.15, 0.2) is 0 Å². The van der Waals surface area contributed by atoms with Crippen LogP contribution in [0.4, 0.5) is 20.2 Å². The number of hydrogen-bond donors (Lipinski definition) is 3. The number of para-hydroxylation sites is 2. The molecule has 2 aliphatic rings. The highest BCUT2D eigenvalue weighted by Gasteiger charge is 2.39. The van der Waals surface area contributed by atoms with Gasteiger partial charge in [0.05, 0.1) is 16.3 Å². The lowest BCUT2D eigenvalue weighted by atomic mass is 10.1. The molecule has 4 heterocycles. The Hall–Kier alpha value is -4.76. The molecule has 2 fully saturated rings. The number of aromatic nitrogens is 2. The van der Waals surface area contributed by atoms with Crippen LogP contribution in [-0.2, 0) is 20.0 Å². The molecule has 6 aromatic rings. The third-order valence-electron chi connectivity index (χ3n) is 9.39. The van der Waals surface area contributed by atoms with Crippen LogP contribution in [0.15, 0.2) is 107 Å². The molecule has 0 aliphatic carbocycles. The van der Waals surface area contributed by atoms with Gasteiger partial charge in [-0.25, -0.2) is 35.1 Å². The Morgan fingerprint density at radius 3 is 1.60 bits per heavy atom. The van der Waals surface area contributed by atoms with E-state index in [1.165, 1.54) is 20.2 Å². The van der Waals surface area contributed by atoms with Crippen molar-refractivity contribution in [2.24, 2.45) is 5.14 Å². The summed E-state index contributed by atoms with van der Waals surface area (Å²) in [5, 5.41) is 7.36. The summed E-state index contributed by atoms with van der Waals surface area (Å²) >= 11 is 0. The quantitative estimate of drug-likeness (QED) is 0.153. The van der Waals surface area contributed by atoms with Gasteiger partial charge in [-0.1, -0.05) is 50.2 Å². The van der Waals surface area contributed by atoms with Gasteiger partial charge in [0, 0.05) is 95.8 Å². The second-order valence-corrected chi connectivity index (χ2v) is 16.8. The Balaban J connectivity index is 0.000000176. The van der Waals surface area contributed by atoms with Crippen molar-refractivity contribution < 1.29 is 25.6 Å². The summed E-state index contributed by atoms with van der Waals surface area (Å²) in [7, 11) is -4.44. The van der Waals surface area contributed by atoms with Gasteiger partial charge in [-0.3, -0.25) is 0 Å². The second-order valence-electron chi connectivity index (χ2n) is 13.1. The van der Waals surface area contributed by atoms with Crippen molar-refractivity contribution in [1.82, 2.24) is 14.3 Å². The van der Waals surface area contributed by atoms with Crippen molar-refractivity contribution in [3.05, 3.63) is 97.1 Å². The lowest BCUT2D eigenvalue weighted by Gasteiger charge is -2.34. The highest BCUT2D eigenvalue weighted by atomic mass is 32.2. The number of H-pyrrole nitrogens is 2. The first kappa shape index (κ1) is 38.0. The van der Waals surface area contributed by atoms with E-state index in [-0.39, 0.29) is 29.3 Å². The summed E-state index contributed by atoms with van der Waals surface area (Å²) in [5.41, 5.74) is 6.62. The van der Waals surface area contributed by atoms with E-state index in [1.807, 2.05) is 80.6 Å². The zero-order chi connectivity index (χ0) is 38.1. The van der Waals surface area contributed by atoms with Gasteiger partial charge in [0.1, 0.15) is 0 Å². The molecule has 0 unspecified atom stereocenters. The molecule has 53 heavy (non-hydrogen) atoms. The molecule has 2 saturated heterocycles. The Morgan fingerprint density at radius 2 is 1.17 bits per heavy atom. The molecule has 14 heteroatoms. The molecular formula is C39H44F2N6O4S2. The van der Waals surface area contributed by atoms with E-state index >= 15 is 0 Å². The average molecular weight is 763 g/mol. The van der Waals surface area contributed by atoms with Crippen LogP contribution >= 0.6 is 0 Å². The zero-order valence-corrected chi connectivity index (χ0v) is 31.7. The highest BCUT2D eigenvalue weighted by Crippen LogP contribution is 2.39. The largest absolute Gasteiger partial charge is 0.371 e. The molecule has 0 radical (unpaired) electrons.